The van der Waals surface area contributed by atoms with E-state index in [9.17, 15) is 18.3 Å². The molecule has 0 spiro atoms. The lowest BCUT2D eigenvalue weighted by Crippen LogP contribution is -2.45. The highest BCUT2D eigenvalue weighted by Gasteiger charge is 2.46. The zero-order valence-electron chi connectivity index (χ0n) is 11.3. The topological polar surface area (TPSA) is 92.5 Å². The van der Waals surface area contributed by atoms with Crippen LogP contribution in [0.5, 0.6) is 0 Å². The quantitative estimate of drug-likeness (QED) is 0.864. The number of aliphatic carboxylic acids is 1. The number of aryl methyl sites for hydroxylation is 1. The third-order valence-electron chi connectivity index (χ3n) is 3.19. The van der Waals surface area contributed by atoms with E-state index in [2.05, 4.69) is 4.98 Å². The Balaban J connectivity index is 2.41. The van der Waals surface area contributed by atoms with Gasteiger partial charge in [0, 0.05) is 18.5 Å². The van der Waals surface area contributed by atoms with Gasteiger partial charge in [-0.2, -0.15) is 4.31 Å². The van der Waals surface area contributed by atoms with Gasteiger partial charge in [0.25, 0.3) is 10.0 Å². The van der Waals surface area contributed by atoms with Crippen molar-refractivity contribution in [1.29, 1.82) is 0 Å². The average molecular weight is 319 g/mol. The van der Waals surface area contributed by atoms with Crippen LogP contribution in [0.1, 0.15) is 20.3 Å². The van der Waals surface area contributed by atoms with Crippen LogP contribution in [0, 0.1) is 0 Å². The molecule has 20 heavy (non-hydrogen) atoms. The molecule has 1 saturated heterocycles. The van der Waals surface area contributed by atoms with Crippen LogP contribution < -0.4 is 0 Å². The van der Waals surface area contributed by atoms with Crippen molar-refractivity contribution >= 4 is 27.8 Å². The van der Waals surface area contributed by atoms with Gasteiger partial charge in [0.05, 0.1) is 11.7 Å². The molecule has 9 heteroatoms. The van der Waals surface area contributed by atoms with Crippen LogP contribution in [0.25, 0.3) is 0 Å². The van der Waals surface area contributed by atoms with Gasteiger partial charge in [-0.25, -0.2) is 13.4 Å². The molecule has 1 aliphatic heterocycles. The Bertz CT molecular complexity index is 599. The third kappa shape index (κ3) is 2.57. The molecule has 1 aromatic rings. The first-order chi connectivity index (χ1) is 9.41. The molecule has 2 heterocycles. The van der Waals surface area contributed by atoms with E-state index in [1.807, 2.05) is 13.8 Å². The zero-order chi connectivity index (χ0) is 14.9. The Morgan fingerprint density at radius 3 is 2.75 bits per heavy atom. The summed E-state index contributed by atoms with van der Waals surface area (Å²) in [7, 11) is -3.88. The number of thioether (sulfide) groups is 1. The fraction of sp³-hybridized carbons (Fsp3) is 0.636. The SMILES string of the molecule is CCC1SCC(C(=O)O)N1S(=O)(=O)c1cn(CC)cn1. The van der Waals surface area contributed by atoms with Gasteiger partial charge in [-0.3, -0.25) is 4.79 Å². The van der Waals surface area contributed by atoms with Crippen molar-refractivity contribution in [1.82, 2.24) is 13.9 Å². The maximum Gasteiger partial charge on any atom is 0.322 e. The molecule has 2 unspecified atom stereocenters. The lowest BCUT2D eigenvalue weighted by molar-refractivity contribution is -0.140. The second kappa shape index (κ2) is 5.74. The minimum absolute atomic E-state index is 0.0912. The fourth-order valence-electron chi connectivity index (χ4n) is 2.10. The molecule has 0 aromatic carbocycles. The summed E-state index contributed by atoms with van der Waals surface area (Å²) in [5.74, 6) is -0.853. The normalized spacial score (nSPS) is 24.1. The summed E-state index contributed by atoms with van der Waals surface area (Å²) in [6.07, 6.45) is 3.43. The number of hydrogen-bond donors (Lipinski definition) is 1. The first kappa shape index (κ1) is 15.3. The Morgan fingerprint density at radius 1 is 1.55 bits per heavy atom. The molecule has 0 amide bonds. The summed E-state index contributed by atoms with van der Waals surface area (Å²) >= 11 is 1.35. The highest BCUT2D eigenvalue weighted by Crippen LogP contribution is 2.35. The summed E-state index contributed by atoms with van der Waals surface area (Å²) in [6, 6.07) is -1.03. The van der Waals surface area contributed by atoms with E-state index in [0.717, 1.165) is 4.31 Å². The molecule has 1 fully saturated rings. The Morgan fingerprint density at radius 2 is 2.25 bits per heavy atom. The molecule has 2 rings (SSSR count). The van der Waals surface area contributed by atoms with Gasteiger partial charge in [-0.15, -0.1) is 11.8 Å². The first-order valence-corrected chi connectivity index (χ1v) is 8.80. The standard InChI is InChI=1S/C11H17N3O4S2/c1-3-10-14(8(6-19-10)11(15)16)20(17,18)9-5-13(4-2)7-12-9/h5,7-8,10H,3-4,6H2,1-2H3,(H,15,16). The van der Waals surface area contributed by atoms with Crippen LogP contribution in [0.15, 0.2) is 17.6 Å². The molecular formula is C11H17N3O4S2. The van der Waals surface area contributed by atoms with Gasteiger partial charge in [0.1, 0.15) is 6.04 Å². The number of carboxylic acid groups (broad SMARTS) is 1. The molecule has 1 N–H and O–H groups in total. The van der Waals surface area contributed by atoms with Crippen molar-refractivity contribution in [2.45, 2.75) is 43.3 Å². The van der Waals surface area contributed by atoms with Crippen molar-refractivity contribution in [3.63, 3.8) is 0 Å². The molecule has 2 atom stereocenters. The van der Waals surface area contributed by atoms with Gasteiger partial charge >= 0.3 is 5.97 Å². The van der Waals surface area contributed by atoms with Crippen LogP contribution in [-0.4, -0.2) is 50.5 Å². The van der Waals surface area contributed by atoms with Crippen LogP contribution in [0.2, 0.25) is 0 Å². The van der Waals surface area contributed by atoms with Crippen molar-refractivity contribution in [3.05, 3.63) is 12.5 Å². The Hall–Kier alpha value is -1.06. The lowest BCUT2D eigenvalue weighted by atomic mass is 10.3. The molecule has 1 aromatic heterocycles. The number of carboxylic acids is 1. The van der Waals surface area contributed by atoms with Gasteiger partial charge < -0.3 is 9.67 Å². The van der Waals surface area contributed by atoms with E-state index in [0.29, 0.717) is 13.0 Å². The number of imidazole rings is 1. The molecule has 0 bridgehead atoms. The number of aromatic nitrogens is 2. The van der Waals surface area contributed by atoms with Gasteiger partial charge in [-0.05, 0) is 13.3 Å². The van der Waals surface area contributed by atoms with E-state index in [1.165, 1.54) is 24.3 Å². The Kier molecular flexibility index (Phi) is 4.40. The largest absolute Gasteiger partial charge is 0.480 e. The third-order valence-corrected chi connectivity index (χ3v) is 6.58. The number of hydrogen-bond acceptors (Lipinski definition) is 5. The van der Waals surface area contributed by atoms with E-state index in [-0.39, 0.29) is 16.2 Å². The number of carbonyl (C=O) groups is 1. The number of sulfonamides is 1. The van der Waals surface area contributed by atoms with Crippen molar-refractivity contribution in [2.75, 3.05) is 5.75 Å². The van der Waals surface area contributed by atoms with Crippen LogP contribution in [-0.2, 0) is 21.4 Å². The number of nitrogens with zero attached hydrogens (tertiary/aromatic N) is 3. The van der Waals surface area contributed by atoms with Crippen LogP contribution in [0.3, 0.4) is 0 Å². The van der Waals surface area contributed by atoms with Gasteiger partial charge in [0.15, 0.2) is 5.03 Å². The van der Waals surface area contributed by atoms with Gasteiger partial charge in [-0.1, -0.05) is 6.92 Å². The number of rotatable bonds is 5. The minimum atomic E-state index is -3.88. The molecule has 0 radical (unpaired) electrons. The summed E-state index contributed by atoms with van der Waals surface area (Å²) < 4.78 is 28.0. The Labute approximate surface area is 122 Å². The lowest BCUT2D eigenvalue weighted by Gasteiger charge is -2.24. The molecule has 0 saturated carbocycles. The maximum atomic E-state index is 12.6. The van der Waals surface area contributed by atoms with Gasteiger partial charge in [0.2, 0.25) is 0 Å². The summed E-state index contributed by atoms with van der Waals surface area (Å²) in [6.45, 7) is 4.32. The van der Waals surface area contributed by atoms with Crippen LogP contribution >= 0.6 is 11.8 Å². The molecule has 112 valence electrons. The monoisotopic (exact) mass is 319 g/mol. The summed E-state index contributed by atoms with van der Waals surface area (Å²) in [5, 5.41) is 8.77. The second-order valence-electron chi connectivity index (χ2n) is 4.43. The molecule has 1 aliphatic rings. The smallest absolute Gasteiger partial charge is 0.322 e. The van der Waals surface area contributed by atoms with E-state index >= 15 is 0 Å². The zero-order valence-corrected chi connectivity index (χ0v) is 12.9. The maximum absolute atomic E-state index is 12.6. The highest BCUT2D eigenvalue weighted by atomic mass is 32.2. The van der Waals surface area contributed by atoms with E-state index < -0.39 is 22.0 Å². The van der Waals surface area contributed by atoms with Crippen molar-refractivity contribution < 1.29 is 18.3 Å². The fourth-order valence-corrected chi connectivity index (χ4v) is 5.58. The van der Waals surface area contributed by atoms with E-state index in [4.69, 9.17) is 0 Å². The highest BCUT2D eigenvalue weighted by molar-refractivity contribution is 8.01. The summed E-state index contributed by atoms with van der Waals surface area (Å²) in [4.78, 5) is 15.2. The van der Waals surface area contributed by atoms with Crippen molar-refractivity contribution in [3.8, 4) is 0 Å². The summed E-state index contributed by atoms with van der Waals surface area (Å²) in [5.41, 5.74) is 0. The first-order valence-electron chi connectivity index (χ1n) is 6.31. The molecule has 0 aliphatic carbocycles. The average Bonchev–Trinajstić information content (AvgIpc) is 3.05. The minimum Gasteiger partial charge on any atom is -0.480 e. The molecular weight excluding hydrogens is 302 g/mol. The predicted molar refractivity (Wildman–Crippen MR) is 74.9 cm³/mol. The molecule has 7 nitrogen and oxygen atoms in total. The predicted octanol–water partition coefficient (Wildman–Crippen LogP) is 0.830. The van der Waals surface area contributed by atoms with E-state index in [1.54, 1.807) is 4.57 Å². The van der Waals surface area contributed by atoms with Crippen LogP contribution in [0.4, 0.5) is 0 Å². The second-order valence-corrected chi connectivity index (χ2v) is 7.43. The van der Waals surface area contributed by atoms with Crippen molar-refractivity contribution in [2.24, 2.45) is 0 Å².